The lowest BCUT2D eigenvalue weighted by Gasteiger charge is -2.02. The molecule has 0 aliphatic rings. The Hall–Kier alpha value is -2.42. The molecule has 0 aliphatic heterocycles. The number of aromatic amines is 1. The summed E-state index contributed by atoms with van der Waals surface area (Å²) in [6.07, 6.45) is 2.38. The molecule has 0 spiro atoms. The van der Waals surface area contributed by atoms with Crippen LogP contribution in [0.3, 0.4) is 0 Å². The van der Waals surface area contributed by atoms with Crippen molar-refractivity contribution in [3.05, 3.63) is 76.3 Å². The summed E-state index contributed by atoms with van der Waals surface area (Å²) in [5.41, 5.74) is 2.47. The van der Waals surface area contributed by atoms with Crippen LogP contribution in [-0.4, -0.2) is 9.97 Å². The second-order valence-electron chi connectivity index (χ2n) is 4.21. The van der Waals surface area contributed by atoms with Crippen LogP contribution in [0, 0.1) is 0 Å². The molecule has 0 atom stereocenters. The van der Waals surface area contributed by atoms with E-state index in [-0.39, 0.29) is 5.56 Å². The lowest BCUT2D eigenvalue weighted by molar-refractivity contribution is 1.09. The quantitative estimate of drug-likeness (QED) is 0.743. The van der Waals surface area contributed by atoms with E-state index in [1.165, 1.54) is 5.56 Å². The Bertz CT molecular complexity index is 732. The van der Waals surface area contributed by atoms with E-state index >= 15 is 0 Å². The van der Waals surface area contributed by atoms with Gasteiger partial charge in [-0.05, 0) is 17.7 Å². The summed E-state index contributed by atoms with van der Waals surface area (Å²) in [5.74, 6) is 0. The third kappa shape index (κ3) is 2.02. The number of benzene rings is 1. The molecule has 3 heteroatoms. The number of pyridine rings is 2. The molecule has 0 saturated carbocycles. The molecule has 18 heavy (non-hydrogen) atoms. The van der Waals surface area contributed by atoms with E-state index in [0.29, 0.717) is 5.52 Å². The highest BCUT2D eigenvalue weighted by Crippen LogP contribution is 2.11. The van der Waals surface area contributed by atoms with Gasteiger partial charge in [0.1, 0.15) is 5.52 Å². The Labute approximate surface area is 104 Å². The maximum Gasteiger partial charge on any atom is 0.274 e. The van der Waals surface area contributed by atoms with Crippen LogP contribution in [0.4, 0.5) is 0 Å². The van der Waals surface area contributed by atoms with Crippen molar-refractivity contribution in [3.63, 3.8) is 0 Å². The molecule has 0 saturated heterocycles. The van der Waals surface area contributed by atoms with Gasteiger partial charge < -0.3 is 4.98 Å². The van der Waals surface area contributed by atoms with Gasteiger partial charge in [0.15, 0.2) is 0 Å². The molecule has 0 radical (unpaired) electrons. The summed E-state index contributed by atoms with van der Waals surface area (Å²) in [5, 5.41) is 0.871. The van der Waals surface area contributed by atoms with E-state index in [0.717, 1.165) is 17.5 Å². The zero-order chi connectivity index (χ0) is 12.4. The van der Waals surface area contributed by atoms with Gasteiger partial charge in [0.25, 0.3) is 5.56 Å². The topological polar surface area (TPSA) is 45.8 Å². The summed E-state index contributed by atoms with van der Waals surface area (Å²) in [6, 6.07) is 15.9. The minimum absolute atomic E-state index is 0.137. The predicted octanol–water partition coefficient (Wildman–Crippen LogP) is 2.51. The number of nitrogens with zero attached hydrogens (tertiary/aromatic N) is 1. The number of H-pyrrole nitrogens is 1. The average Bonchev–Trinajstić information content (AvgIpc) is 2.41. The van der Waals surface area contributed by atoms with Crippen LogP contribution in [0.25, 0.3) is 10.9 Å². The van der Waals surface area contributed by atoms with Crippen LogP contribution in [0.1, 0.15) is 11.3 Å². The Balaban J connectivity index is 2.04. The molecule has 88 valence electrons. The van der Waals surface area contributed by atoms with Gasteiger partial charge in [-0.3, -0.25) is 4.79 Å². The first-order valence-electron chi connectivity index (χ1n) is 5.84. The molecule has 3 nitrogen and oxygen atoms in total. The number of hydrogen-bond acceptors (Lipinski definition) is 2. The Morgan fingerprint density at radius 1 is 1.00 bits per heavy atom. The van der Waals surface area contributed by atoms with Gasteiger partial charge in [0, 0.05) is 23.7 Å². The predicted molar refractivity (Wildman–Crippen MR) is 71.6 cm³/mol. The van der Waals surface area contributed by atoms with Crippen molar-refractivity contribution in [1.29, 1.82) is 0 Å². The fourth-order valence-corrected chi connectivity index (χ4v) is 2.01. The minimum atomic E-state index is -0.137. The third-order valence-corrected chi connectivity index (χ3v) is 2.90. The number of fused-ring (bicyclic) bond motifs is 1. The van der Waals surface area contributed by atoms with Crippen molar-refractivity contribution in [2.75, 3.05) is 0 Å². The van der Waals surface area contributed by atoms with Gasteiger partial charge >= 0.3 is 0 Å². The summed E-state index contributed by atoms with van der Waals surface area (Å²) < 4.78 is 0. The number of hydrogen-bond donors (Lipinski definition) is 1. The highest BCUT2D eigenvalue weighted by Gasteiger charge is 2.02. The molecule has 0 fully saturated rings. The minimum Gasteiger partial charge on any atom is -0.327 e. The van der Waals surface area contributed by atoms with Crippen LogP contribution in [0.2, 0.25) is 0 Å². The summed E-state index contributed by atoms with van der Waals surface area (Å²) in [6.45, 7) is 0. The molecule has 1 aromatic carbocycles. The SMILES string of the molecule is O=c1[nH]ccc2ccc(Cc3ccccc3)nc12. The van der Waals surface area contributed by atoms with Crippen molar-refractivity contribution in [1.82, 2.24) is 9.97 Å². The van der Waals surface area contributed by atoms with Crippen molar-refractivity contribution in [2.24, 2.45) is 0 Å². The number of rotatable bonds is 2. The third-order valence-electron chi connectivity index (χ3n) is 2.90. The summed E-state index contributed by atoms with van der Waals surface area (Å²) in [7, 11) is 0. The number of aromatic nitrogens is 2. The van der Waals surface area contributed by atoms with E-state index in [1.807, 2.05) is 36.4 Å². The highest BCUT2D eigenvalue weighted by atomic mass is 16.1. The molecule has 0 aliphatic carbocycles. The van der Waals surface area contributed by atoms with Gasteiger partial charge in [-0.15, -0.1) is 0 Å². The zero-order valence-electron chi connectivity index (χ0n) is 9.76. The van der Waals surface area contributed by atoms with Crippen molar-refractivity contribution >= 4 is 10.9 Å². The monoisotopic (exact) mass is 236 g/mol. The smallest absolute Gasteiger partial charge is 0.274 e. The Kier molecular flexibility index (Phi) is 2.65. The fourth-order valence-electron chi connectivity index (χ4n) is 2.01. The zero-order valence-corrected chi connectivity index (χ0v) is 9.76. The average molecular weight is 236 g/mol. The molecule has 2 heterocycles. The molecule has 0 bridgehead atoms. The van der Waals surface area contributed by atoms with Gasteiger partial charge in [0.2, 0.25) is 0 Å². The Morgan fingerprint density at radius 3 is 2.67 bits per heavy atom. The second-order valence-corrected chi connectivity index (χ2v) is 4.21. The first kappa shape index (κ1) is 10.7. The van der Waals surface area contributed by atoms with Gasteiger partial charge in [-0.25, -0.2) is 4.98 Å². The van der Waals surface area contributed by atoms with Crippen molar-refractivity contribution in [2.45, 2.75) is 6.42 Å². The molecule has 1 N–H and O–H groups in total. The van der Waals surface area contributed by atoms with Crippen molar-refractivity contribution < 1.29 is 0 Å². The maximum atomic E-state index is 11.7. The Morgan fingerprint density at radius 2 is 1.83 bits per heavy atom. The van der Waals surface area contributed by atoms with Crippen LogP contribution in [0.15, 0.2) is 59.5 Å². The van der Waals surface area contributed by atoms with Crippen LogP contribution in [0.5, 0.6) is 0 Å². The summed E-state index contributed by atoms with van der Waals surface area (Å²) in [4.78, 5) is 18.7. The van der Waals surface area contributed by atoms with Crippen LogP contribution >= 0.6 is 0 Å². The van der Waals surface area contributed by atoms with Gasteiger partial charge in [-0.2, -0.15) is 0 Å². The first-order chi connectivity index (χ1) is 8.83. The largest absolute Gasteiger partial charge is 0.327 e. The molecule has 3 rings (SSSR count). The van der Waals surface area contributed by atoms with Crippen molar-refractivity contribution in [3.8, 4) is 0 Å². The molecule has 0 unspecified atom stereocenters. The lowest BCUT2D eigenvalue weighted by atomic mass is 10.1. The van der Waals surface area contributed by atoms with E-state index < -0.39 is 0 Å². The molecular weight excluding hydrogens is 224 g/mol. The molecule has 2 aromatic heterocycles. The van der Waals surface area contributed by atoms with E-state index in [2.05, 4.69) is 22.1 Å². The standard InChI is InChI=1S/C15H12N2O/c18-15-14-12(8-9-16-15)6-7-13(17-14)10-11-4-2-1-3-5-11/h1-9H,10H2,(H,16,18). The van der Waals surface area contributed by atoms with E-state index in [1.54, 1.807) is 6.20 Å². The second kappa shape index (κ2) is 4.45. The highest BCUT2D eigenvalue weighted by molar-refractivity contribution is 5.77. The van der Waals surface area contributed by atoms with E-state index in [9.17, 15) is 4.79 Å². The first-order valence-corrected chi connectivity index (χ1v) is 5.84. The molecular formula is C15H12N2O. The van der Waals surface area contributed by atoms with Gasteiger partial charge in [-0.1, -0.05) is 36.4 Å². The van der Waals surface area contributed by atoms with E-state index in [4.69, 9.17) is 0 Å². The number of nitrogens with one attached hydrogen (secondary N) is 1. The fraction of sp³-hybridized carbons (Fsp3) is 0.0667. The maximum absolute atomic E-state index is 11.7. The normalized spacial score (nSPS) is 10.7. The molecule has 3 aromatic rings. The molecule has 0 amide bonds. The van der Waals surface area contributed by atoms with Gasteiger partial charge in [0.05, 0.1) is 0 Å². The van der Waals surface area contributed by atoms with Crippen LogP contribution in [-0.2, 0) is 6.42 Å². The summed E-state index contributed by atoms with van der Waals surface area (Å²) >= 11 is 0. The van der Waals surface area contributed by atoms with Crippen LogP contribution < -0.4 is 5.56 Å². The lowest BCUT2D eigenvalue weighted by Crippen LogP contribution is -2.07.